The lowest BCUT2D eigenvalue weighted by atomic mass is 9.91. The number of aromatic nitrogens is 2. The molecule has 0 aromatic carbocycles. The fraction of sp³-hybridized carbons (Fsp3) is 0.636. The summed E-state index contributed by atoms with van der Waals surface area (Å²) >= 11 is 0. The zero-order valence-electron chi connectivity index (χ0n) is 9.41. The highest BCUT2D eigenvalue weighted by Gasteiger charge is 2.15. The quantitative estimate of drug-likeness (QED) is 0.777. The van der Waals surface area contributed by atoms with E-state index in [1.807, 2.05) is 13.0 Å². The molecule has 0 amide bonds. The predicted octanol–water partition coefficient (Wildman–Crippen LogP) is 1.66. The Bertz CT molecular complexity index is 300. The highest BCUT2D eigenvalue weighted by Crippen LogP contribution is 2.19. The summed E-state index contributed by atoms with van der Waals surface area (Å²) in [6, 6.07) is 2.20. The van der Waals surface area contributed by atoms with Gasteiger partial charge in [0.2, 0.25) is 0 Å². The summed E-state index contributed by atoms with van der Waals surface area (Å²) in [6.07, 6.45) is 2.43. The van der Waals surface area contributed by atoms with E-state index in [4.69, 9.17) is 5.73 Å². The molecule has 78 valence electrons. The van der Waals surface area contributed by atoms with Crippen molar-refractivity contribution in [3.8, 4) is 0 Å². The van der Waals surface area contributed by atoms with Gasteiger partial charge >= 0.3 is 0 Å². The number of nitrogens with two attached hydrogens (primary N) is 1. The molecule has 1 unspecified atom stereocenters. The van der Waals surface area contributed by atoms with Crippen molar-refractivity contribution in [1.29, 1.82) is 0 Å². The third kappa shape index (κ3) is 3.07. The van der Waals surface area contributed by atoms with Crippen LogP contribution in [0, 0.1) is 0 Å². The van der Waals surface area contributed by atoms with Crippen LogP contribution >= 0.6 is 0 Å². The van der Waals surface area contributed by atoms with E-state index in [0.717, 1.165) is 17.8 Å². The van der Waals surface area contributed by atoms with Crippen molar-refractivity contribution in [2.45, 2.75) is 45.6 Å². The number of rotatable bonds is 2. The maximum Gasteiger partial charge on any atom is 0.115 e. The Morgan fingerprint density at radius 1 is 1.36 bits per heavy atom. The monoisotopic (exact) mass is 193 g/mol. The molecule has 0 aliphatic heterocycles. The summed E-state index contributed by atoms with van der Waals surface area (Å²) in [4.78, 5) is 8.47. The summed E-state index contributed by atoms with van der Waals surface area (Å²) < 4.78 is 0. The summed E-state index contributed by atoms with van der Waals surface area (Å²) in [7, 11) is 0. The first kappa shape index (κ1) is 11.1. The molecule has 0 radical (unpaired) electrons. The van der Waals surface area contributed by atoms with E-state index in [0.29, 0.717) is 0 Å². The molecule has 0 fully saturated rings. The van der Waals surface area contributed by atoms with Crippen LogP contribution in [0.1, 0.15) is 39.1 Å². The highest BCUT2D eigenvalue weighted by atomic mass is 14.8. The van der Waals surface area contributed by atoms with Crippen LogP contribution in [-0.2, 0) is 11.8 Å². The first-order valence-corrected chi connectivity index (χ1v) is 4.96. The van der Waals surface area contributed by atoms with Gasteiger partial charge in [0.1, 0.15) is 6.33 Å². The van der Waals surface area contributed by atoms with Crippen LogP contribution in [0.4, 0.5) is 0 Å². The zero-order chi connectivity index (χ0) is 10.8. The van der Waals surface area contributed by atoms with Gasteiger partial charge in [-0.05, 0) is 13.0 Å². The Balaban J connectivity index is 2.90. The van der Waals surface area contributed by atoms with E-state index < -0.39 is 0 Å². The number of hydrogen-bond acceptors (Lipinski definition) is 3. The smallest absolute Gasteiger partial charge is 0.115 e. The van der Waals surface area contributed by atoms with E-state index in [1.165, 1.54) is 0 Å². The Morgan fingerprint density at radius 3 is 2.50 bits per heavy atom. The fourth-order valence-electron chi connectivity index (χ4n) is 1.25. The largest absolute Gasteiger partial charge is 0.328 e. The lowest BCUT2D eigenvalue weighted by Gasteiger charge is -2.18. The van der Waals surface area contributed by atoms with Gasteiger partial charge < -0.3 is 5.73 Å². The Hall–Kier alpha value is -0.960. The van der Waals surface area contributed by atoms with Crippen molar-refractivity contribution >= 4 is 0 Å². The van der Waals surface area contributed by atoms with Gasteiger partial charge in [-0.15, -0.1) is 0 Å². The molecule has 0 aliphatic rings. The third-order valence-corrected chi connectivity index (χ3v) is 2.02. The summed E-state index contributed by atoms with van der Waals surface area (Å²) in [5.74, 6) is 0. The van der Waals surface area contributed by atoms with E-state index in [1.54, 1.807) is 6.33 Å². The van der Waals surface area contributed by atoms with Crippen molar-refractivity contribution in [3.63, 3.8) is 0 Å². The molecule has 3 nitrogen and oxygen atoms in total. The summed E-state index contributed by atoms with van der Waals surface area (Å²) in [6.45, 7) is 8.42. The van der Waals surface area contributed by atoms with Gasteiger partial charge in [0.05, 0.1) is 0 Å². The molecular formula is C11H19N3. The second-order valence-corrected chi connectivity index (χ2v) is 4.83. The van der Waals surface area contributed by atoms with Crippen LogP contribution in [0.25, 0.3) is 0 Å². The van der Waals surface area contributed by atoms with Gasteiger partial charge in [0.25, 0.3) is 0 Å². The summed E-state index contributed by atoms with van der Waals surface area (Å²) in [5.41, 5.74) is 7.90. The van der Waals surface area contributed by atoms with Crippen molar-refractivity contribution in [2.75, 3.05) is 0 Å². The molecular weight excluding hydrogens is 174 g/mol. The van der Waals surface area contributed by atoms with E-state index in [-0.39, 0.29) is 11.5 Å². The van der Waals surface area contributed by atoms with Gasteiger partial charge in [0, 0.05) is 29.3 Å². The molecule has 0 saturated heterocycles. The molecule has 3 heteroatoms. The van der Waals surface area contributed by atoms with Gasteiger partial charge in [-0.3, -0.25) is 0 Å². The fourth-order valence-corrected chi connectivity index (χ4v) is 1.25. The van der Waals surface area contributed by atoms with Crippen molar-refractivity contribution in [3.05, 3.63) is 23.8 Å². The molecule has 1 atom stereocenters. The molecule has 1 heterocycles. The maximum atomic E-state index is 5.72. The van der Waals surface area contributed by atoms with Crippen molar-refractivity contribution in [1.82, 2.24) is 9.97 Å². The topological polar surface area (TPSA) is 51.8 Å². The van der Waals surface area contributed by atoms with Crippen LogP contribution in [0.3, 0.4) is 0 Å². The number of hydrogen-bond donors (Lipinski definition) is 1. The highest BCUT2D eigenvalue weighted by molar-refractivity contribution is 5.16. The second kappa shape index (κ2) is 4.05. The first-order chi connectivity index (χ1) is 6.39. The minimum atomic E-state index is 0.0789. The van der Waals surface area contributed by atoms with E-state index >= 15 is 0 Å². The van der Waals surface area contributed by atoms with E-state index in [2.05, 4.69) is 30.7 Å². The van der Waals surface area contributed by atoms with Crippen LogP contribution in [0.2, 0.25) is 0 Å². The van der Waals surface area contributed by atoms with E-state index in [9.17, 15) is 0 Å². The maximum absolute atomic E-state index is 5.72. The number of nitrogens with zero attached hydrogens (tertiary/aromatic N) is 2. The molecule has 1 rings (SSSR count). The average molecular weight is 193 g/mol. The SMILES string of the molecule is CC(N)Cc1cc(C(C)(C)C)ncn1. The average Bonchev–Trinajstić information content (AvgIpc) is 2.01. The van der Waals surface area contributed by atoms with Crippen LogP contribution in [0.5, 0.6) is 0 Å². The lowest BCUT2D eigenvalue weighted by molar-refractivity contribution is 0.563. The molecule has 2 N–H and O–H groups in total. The minimum Gasteiger partial charge on any atom is -0.328 e. The lowest BCUT2D eigenvalue weighted by Crippen LogP contribution is -2.20. The van der Waals surface area contributed by atoms with Crippen LogP contribution in [0.15, 0.2) is 12.4 Å². The molecule has 0 aliphatic carbocycles. The Labute approximate surface area is 85.8 Å². The molecule has 0 spiro atoms. The summed E-state index contributed by atoms with van der Waals surface area (Å²) in [5, 5.41) is 0. The van der Waals surface area contributed by atoms with Gasteiger partial charge in [-0.2, -0.15) is 0 Å². The van der Waals surface area contributed by atoms with Gasteiger partial charge in [0.15, 0.2) is 0 Å². The Morgan fingerprint density at radius 2 is 2.00 bits per heavy atom. The third-order valence-electron chi connectivity index (χ3n) is 2.02. The first-order valence-electron chi connectivity index (χ1n) is 4.96. The van der Waals surface area contributed by atoms with Crippen molar-refractivity contribution < 1.29 is 0 Å². The van der Waals surface area contributed by atoms with Crippen molar-refractivity contribution in [2.24, 2.45) is 5.73 Å². The van der Waals surface area contributed by atoms with Gasteiger partial charge in [-0.25, -0.2) is 9.97 Å². The predicted molar refractivity (Wildman–Crippen MR) is 58.1 cm³/mol. The minimum absolute atomic E-state index is 0.0789. The van der Waals surface area contributed by atoms with Gasteiger partial charge in [-0.1, -0.05) is 20.8 Å². The van der Waals surface area contributed by atoms with Crippen LogP contribution < -0.4 is 5.73 Å². The normalized spacial score (nSPS) is 14.1. The van der Waals surface area contributed by atoms with Crippen LogP contribution in [-0.4, -0.2) is 16.0 Å². The molecule has 0 bridgehead atoms. The molecule has 14 heavy (non-hydrogen) atoms. The standard InChI is InChI=1S/C11H19N3/c1-8(12)5-9-6-10(11(2,3)4)14-7-13-9/h6-8H,5,12H2,1-4H3. The molecule has 1 aromatic rings. The Kier molecular flexibility index (Phi) is 3.21. The zero-order valence-corrected chi connectivity index (χ0v) is 9.41. The molecule has 0 saturated carbocycles. The second-order valence-electron chi connectivity index (χ2n) is 4.83. The molecule has 1 aromatic heterocycles.